The van der Waals surface area contributed by atoms with Crippen LogP contribution in [-0.2, 0) is 23.9 Å². The van der Waals surface area contributed by atoms with Crippen molar-refractivity contribution in [3.8, 4) is 0 Å². The van der Waals surface area contributed by atoms with Crippen molar-refractivity contribution in [2.45, 2.75) is 132 Å². The van der Waals surface area contributed by atoms with Crippen LogP contribution in [0.1, 0.15) is 114 Å². The third-order valence-corrected chi connectivity index (χ3v) is 12.5. The minimum Gasteiger partial charge on any atom is -0.478 e. The van der Waals surface area contributed by atoms with Crippen LogP contribution in [-0.4, -0.2) is 46.4 Å². The maximum absolute atomic E-state index is 12.5. The van der Waals surface area contributed by atoms with E-state index < -0.39 is 23.6 Å². The van der Waals surface area contributed by atoms with Gasteiger partial charge < -0.3 is 19.7 Å². The van der Waals surface area contributed by atoms with Gasteiger partial charge in [0.2, 0.25) is 0 Å². The monoisotopic (exact) mass is 572 g/mol. The van der Waals surface area contributed by atoms with Crippen molar-refractivity contribution in [1.82, 2.24) is 0 Å². The lowest BCUT2D eigenvalue weighted by atomic mass is 9.42. The molecule has 4 rings (SSSR count). The fourth-order valence-corrected chi connectivity index (χ4v) is 10.1. The Morgan fingerprint density at radius 3 is 2.22 bits per heavy atom. The molecule has 2 fully saturated rings. The standard InChI is InChI=1S/C34H52O7/c1-19(11-10-12-20(2)30(38)39)24-17-27(37)34(9)29-23(13-16-33(24,34)8)32(7)15-14-28(41-22(4)36)31(5,6)26(32)18-25(29)40-21(3)35/h12,19,24-28,37H,10-11,13-18H2,1-9H3,(H,38,39). The average molecular weight is 573 g/mol. The van der Waals surface area contributed by atoms with Crippen molar-refractivity contribution in [3.63, 3.8) is 0 Å². The first kappa shape index (κ1) is 31.8. The van der Waals surface area contributed by atoms with Gasteiger partial charge in [0.25, 0.3) is 0 Å². The van der Waals surface area contributed by atoms with Crippen LogP contribution < -0.4 is 0 Å². The molecule has 0 aliphatic heterocycles. The molecule has 0 spiro atoms. The molecule has 0 heterocycles. The second-order valence-corrected chi connectivity index (χ2v) is 14.9. The van der Waals surface area contributed by atoms with E-state index >= 15 is 0 Å². The van der Waals surface area contributed by atoms with Crippen molar-refractivity contribution >= 4 is 17.9 Å². The van der Waals surface area contributed by atoms with Crippen LogP contribution in [0.3, 0.4) is 0 Å². The Balaban J connectivity index is 1.76. The highest BCUT2D eigenvalue weighted by molar-refractivity contribution is 5.85. The first-order valence-corrected chi connectivity index (χ1v) is 15.6. The number of hydrogen-bond donors (Lipinski definition) is 2. The molecule has 4 aliphatic carbocycles. The van der Waals surface area contributed by atoms with Gasteiger partial charge in [-0.25, -0.2) is 4.79 Å². The molecule has 0 aromatic heterocycles. The van der Waals surface area contributed by atoms with E-state index in [1.165, 1.54) is 19.4 Å². The number of aliphatic hydroxyl groups is 1. The van der Waals surface area contributed by atoms with Gasteiger partial charge in [0.05, 0.1) is 6.10 Å². The van der Waals surface area contributed by atoms with E-state index in [1.54, 1.807) is 13.0 Å². The van der Waals surface area contributed by atoms with Gasteiger partial charge in [-0.15, -0.1) is 0 Å². The topological polar surface area (TPSA) is 110 Å². The highest BCUT2D eigenvalue weighted by atomic mass is 16.5. The lowest BCUT2D eigenvalue weighted by Gasteiger charge is -2.63. The molecule has 2 N–H and O–H groups in total. The Hall–Kier alpha value is -2.15. The normalized spacial score (nSPS) is 40.6. The number of allylic oxidation sites excluding steroid dienone is 2. The molecule has 0 aromatic rings. The lowest BCUT2D eigenvalue weighted by Crippen LogP contribution is -2.60. The molecule has 0 bridgehead atoms. The van der Waals surface area contributed by atoms with Gasteiger partial charge in [0.1, 0.15) is 12.2 Å². The summed E-state index contributed by atoms with van der Waals surface area (Å²) < 4.78 is 12.0. The fraction of sp³-hybridized carbons (Fsp3) is 0.794. The smallest absolute Gasteiger partial charge is 0.330 e. The molecule has 4 aliphatic rings. The summed E-state index contributed by atoms with van der Waals surface area (Å²) in [4.78, 5) is 35.8. The number of carbonyl (C=O) groups excluding carboxylic acids is 2. The Kier molecular flexibility index (Phi) is 8.40. The first-order valence-electron chi connectivity index (χ1n) is 15.6. The van der Waals surface area contributed by atoms with Crippen LogP contribution in [0.4, 0.5) is 0 Å². The SMILES string of the molecule is CC(=O)OC1CC2C(C)(CCC(OC(C)=O)C2(C)C)C2=C1C1(C)C(O)CC(C(C)CCC=C(C)C(=O)O)C1(C)CC2. The zero-order chi connectivity index (χ0) is 30.7. The Morgan fingerprint density at radius 1 is 1.00 bits per heavy atom. The molecule has 0 radical (unpaired) electrons. The summed E-state index contributed by atoms with van der Waals surface area (Å²) in [7, 11) is 0. The summed E-state index contributed by atoms with van der Waals surface area (Å²) in [5.74, 6) is -0.747. The van der Waals surface area contributed by atoms with Gasteiger partial charge in [-0.1, -0.05) is 53.2 Å². The van der Waals surface area contributed by atoms with Gasteiger partial charge >= 0.3 is 17.9 Å². The van der Waals surface area contributed by atoms with E-state index in [-0.39, 0.29) is 46.1 Å². The fourth-order valence-electron chi connectivity index (χ4n) is 10.1. The van der Waals surface area contributed by atoms with E-state index in [1.807, 2.05) is 0 Å². The molecule has 9 unspecified atom stereocenters. The summed E-state index contributed by atoms with van der Waals surface area (Å²) >= 11 is 0. The number of fused-ring (bicyclic) bond motifs is 4. The second-order valence-electron chi connectivity index (χ2n) is 14.9. The molecular formula is C34H52O7. The van der Waals surface area contributed by atoms with Crippen molar-refractivity contribution in [2.24, 2.45) is 39.4 Å². The van der Waals surface area contributed by atoms with Crippen LogP contribution in [0.2, 0.25) is 0 Å². The highest BCUT2D eigenvalue weighted by Crippen LogP contribution is 2.73. The van der Waals surface area contributed by atoms with Crippen LogP contribution in [0.25, 0.3) is 0 Å². The van der Waals surface area contributed by atoms with Crippen LogP contribution in [0.5, 0.6) is 0 Å². The third-order valence-electron chi connectivity index (χ3n) is 12.5. The molecule has 2 saturated carbocycles. The van der Waals surface area contributed by atoms with Crippen molar-refractivity contribution < 1.29 is 34.1 Å². The maximum atomic E-state index is 12.5. The molecular weight excluding hydrogens is 520 g/mol. The molecule has 0 amide bonds. The van der Waals surface area contributed by atoms with E-state index in [2.05, 4.69) is 41.5 Å². The molecule has 7 heteroatoms. The van der Waals surface area contributed by atoms with E-state index in [4.69, 9.17) is 9.47 Å². The van der Waals surface area contributed by atoms with Gasteiger partial charge in [-0.2, -0.15) is 0 Å². The van der Waals surface area contributed by atoms with Crippen molar-refractivity contribution in [2.75, 3.05) is 0 Å². The molecule has 0 aromatic carbocycles. The second kappa shape index (κ2) is 10.8. The molecule has 0 saturated heterocycles. The number of carboxylic acid groups (broad SMARTS) is 1. The number of carboxylic acids is 1. The molecule has 7 nitrogen and oxygen atoms in total. The summed E-state index contributed by atoms with van der Waals surface area (Å²) in [6.45, 7) is 18.1. The molecule has 9 atom stereocenters. The predicted molar refractivity (Wildman–Crippen MR) is 157 cm³/mol. The van der Waals surface area contributed by atoms with Gasteiger partial charge in [-0.05, 0) is 92.4 Å². The average Bonchev–Trinajstić information content (AvgIpc) is 3.07. The minimum atomic E-state index is -0.883. The largest absolute Gasteiger partial charge is 0.478 e. The number of esters is 2. The maximum Gasteiger partial charge on any atom is 0.330 e. The summed E-state index contributed by atoms with van der Waals surface area (Å²) in [6, 6.07) is 0. The van der Waals surface area contributed by atoms with Crippen LogP contribution in [0.15, 0.2) is 22.8 Å². The minimum absolute atomic E-state index is 0.140. The number of aliphatic carboxylic acids is 1. The summed E-state index contributed by atoms with van der Waals surface area (Å²) in [6.07, 6.45) is 7.03. The summed E-state index contributed by atoms with van der Waals surface area (Å²) in [5.41, 5.74) is 1.68. The molecule has 230 valence electrons. The zero-order valence-corrected chi connectivity index (χ0v) is 26.6. The Bertz CT molecular complexity index is 1150. The van der Waals surface area contributed by atoms with Crippen molar-refractivity contribution in [1.29, 1.82) is 0 Å². The summed E-state index contributed by atoms with van der Waals surface area (Å²) in [5, 5.41) is 21.2. The zero-order valence-electron chi connectivity index (χ0n) is 26.6. The van der Waals surface area contributed by atoms with Crippen LogP contribution in [0, 0.1) is 39.4 Å². The number of hydrogen-bond acceptors (Lipinski definition) is 6. The van der Waals surface area contributed by atoms with E-state index in [9.17, 15) is 24.6 Å². The highest BCUT2D eigenvalue weighted by Gasteiger charge is 2.68. The van der Waals surface area contributed by atoms with Gasteiger partial charge in [-0.3, -0.25) is 9.59 Å². The first-order chi connectivity index (χ1) is 18.9. The molecule has 41 heavy (non-hydrogen) atoms. The van der Waals surface area contributed by atoms with E-state index in [0.29, 0.717) is 30.8 Å². The number of ether oxygens (including phenoxy) is 2. The quantitative estimate of drug-likeness (QED) is 0.200. The Labute approximate surface area is 246 Å². The van der Waals surface area contributed by atoms with Crippen molar-refractivity contribution in [3.05, 3.63) is 22.8 Å². The third kappa shape index (κ3) is 4.98. The number of rotatable bonds is 7. The van der Waals surface area contributed by atoms with Gasteiger partial charge in [0, 0.05) is 30.3 Å². The van der Waals surface area contributed by atoms with E-state index in [0.717, 1.165) is 37.7 Å². The Morgan fingerprint density at radius 2 is 1.63 bits per heavy atom. The number of aliphatic hydroxyl groups excluding tert-OH is 1. The number of carbonyl (C=O) groups is 3. The lowest BCUT2D eigenvalue weighted by molar-refractivity contribution is -0.173. The van der Waals surface area contributed by atoms with Crippen LogP contribution >= 0.6 is 0 Å². The van der Waals surface area contributed by atoms with Gasteiger partial charge in [0.15, 0.2) is 0 Å². The predicted octanol–water partition coefficient (Wildman–Crippen LogP) is 6.63.